The standard InChI is InChI=1S/C26H27FN4O4/c1-16-2-4-17(5-3-16)12-24(33)30-10-8-29(9-11-30)22-14-18(27)13-19-20(22)15-31(26(19)35)21-6-7-23(32)28-25(21)34/h2-5,13-14,21H,6-12,15H2,1H3,(H,28,32,34). The van der Waals surface area contributed by atoms with E-state index in [0.717, 1.165) is 11.1 Å². The van der Waals surface area contributed by atoms with Gasteiger partial charge in [-0.1, -0.05) is 29.8 Å². The first kappa shape index (κ1) is 23.0. The molecule has 3 heterocycles. The van der Waals surface area contributed by atoms with Crippen molar-refractivity contribution in [3.63, 3.8) is 0 Å². The van der Waals surface area contributed by atoms with Gasteiger partial charge in [0.25, 0.3) is 5.91 Å². The minimum absolute atomic E-state index is 0.0529. The number of amides is 4. The third kappa shape index (κ3) is 4.50. The summed E-state index contributed by atoms with van der Waals surface area (Å²) in [6, 6.07) is 9.79. The maximum Gasteiger partial charge on any atom is 0.255 e. The van der Waals surface area contributed by atoms with Crippen LogP contribution in [0.4, 0.5) is 10.1 Å². The number of halogens is 1. The lowest BCUT2D eigenvalue weighted by molar-refractivity contribution is -0.137. The van der Waals surface area contributed by atoms with Gasteiger partial charge in [-0.25, -0.2) is 4.39 Å². The van der Waals surface area contributed by atoms with Gasteiger partial charge in [-0.3, -0.25) is 24.5 Å². The maximum absolute atomic E-state index is 14.5. The summed E-state index contributed by atoms with van der Waals surface area (Å²) in [4.78, 5) is 54.9. The first-order chi connectivity index (χ1) is 16.8. The number of nitrogens with zero attached hydrogens (tertiary/aromatic N) is 3. The summed E-state index contributed by atoms with van der Waals surface area (Å²) in [6.45, 7) is 4.22. The van der Waals surface area contributed by atoms with E-state index in [4.69, 9.17) is 0 Å². The second-order valence-electron chi connectivity index (χ2n) is 9.38. The normalized spacial score (nSPS) is 20.2. The van der Waals surface area contributed by atoms with Gasteiger partial charge >= 0.3 is 0 Å². The van der Waals surface area contributed by atoms with Crippen molar-refractivity contribution in [3.05, 3.63) is 64.5 Å². The van der Waals surface area contributed by atoms with E-state index in [-0.39, 0.29) is 36.8 Å². The predicted octanol–water partition coefficient (Wildman–Crippen LogP) is 1.79. The quantitative estimate of drug-likeness (QED) is 0.677. The van der Waals surface area contributed by atoms with Gasteiger partial charge in [-0.15, -0.1) is 0 Å². The molecule has 0 aliphatic carbocycles. The summed E-state index contributed by atoms with van der Waals surface area (Å²) in [5.74, 6) is -1.71. The Morgan fingerprint density at radius 2 is 1.77 bits per heavy atom. The highest BCUT2D eigenvalue weighted by Gasteiger charge is 2.41. The number of imide groups is 1. The number of piperazine rings is 1. The Morgan fingerprint density at radius 1 is 1.06 bits per heavy atom. The summed E-state index contributed by atoms with van der Waals surface area (Å²) in [6.07, 6.45) is 0.755. The highest BCUT2D eigenvalue weighted by molar-refractivity contribution is 6.06. The molecule has 0 radical (unpaired) electrons. The number of hydrogen-bond donors (Lipinski definition) is 1. The van der Waals surface area contributed by atoms with E-state index in [2.05, 4.69) is 5.32 Å². The summed E-state index contributed by atoms with van der Waals surface area (Å²) >= 11 is 0. The molecule has 1 N–H and O–H groups in total. The lowest BCUT2D eigenvalue weighted by Crippen LogP contribution is -2.52. The zero-order valence-corrected chi connectivity index (χ0v) is 19.6. The van der Waals surface area contributed by atoms with Crippen molar-refractivity contribution in [2.75, 3.05) is 31.1 Å². The number of aryl methyl sites for hydroxylation is 1. The number of rotatable bonds is 4. The molecular weight excluding hydrogens is 451 g/mol. The van der Waals surface area contributed by atoms with Crippen molar-refractivity contribution in [3.8, 4) is 0 Å². The number of fused-ring (bicyclic) bond motifs is 1. The van der Waals surface area contributed by atoms with E-state index in [1.807, 2.05) is 41.0 Å². The molecule has 1 unspecified atom stereocenters. The van der Waals surface area contributed by atoms with Crippen LogP contribution in [0.2, 0.25) is 0 Å². The summed E-state index contributed by atoms with van der Waals surface area (Å²) in [5, 5.41) is 2.28. The number of anilines is 1. The third-order valence-electron chi connectivity index (χ3n) is 7.05. The summed E-state index contributed by atoms with van der Waals surface area (Å²) in [7, 11) is 0. The Kier molecular flexibility index (Phi) is 6.00. The maximum atomic E-state index is 14.5. The highest BCUT2D eigenvalue weighted by Crippen LogP contribution is 2.35. The smallest absolute Gasteiger partial charge is 0.255 e. The first-order valence-electron chi connectivity index (χ1n) is 11.9. The molecule has 4 amide bonds. The fourth-order valence-corrected chi connectivity index (χ4v) is 5.08. The SMILES string of the molecule is Cc1ccc(CC(=O)N2CCN(c3cc(F)cc4c3CN(C3CCC(=O)NC3=O)C4=O)CC2)cc1. The van der Waals surface area contributed by atoms with E-state index in [1.165, 1.54) is 17.0 Å². The largest absolute Gasteiger partial charge is 0.368 e. The average molecular weight is 479 g/mol. The Hall–Kier alpha value is -3.75. The number of carbonyl (C=O) groups excluding carboxylic acids is 4. The first-order valence-corrected chi connectivity index (χ1v) is 11.9. The van der Waals surface area contributed by atoms with E-state index in [1.54, 1.807) is 0 Å². The van der Waals surface area contributed by atoms with Crippen molar-refractivity contribution >= 4 is 29.3 Å². The monoisotopic (exact) mass is 478 g/mol. The minimum atomic E-state index is -0.750. The topological polar surface area (TPSA) is 90.0 Å². The van der Waals surface area contributed by atoms with Crippen molar-refractivity contribution < 1.29 is 23.6 Å². The molecule has 3 aliphatic rings. The number of carbonyl (C=O) groups is 4. The highest BCUT2D eigenvalue weighted by atomic mass is 19.1. The molecule has 2 aromatic carbocycles. The Labute approximate surface area is 202 Å². The molecule has 5 rings (SSSR count). The van der Waals surface area contributed by atoms with Crippen LogP contribution in [0.3, 0.4) is 0 Å². The van der Waals surface area contributed by atoms with Crippen LogP contribution >= 0.6 is 0 Å². The van der Waals surface area contributed by atoms with E-state index in [0.29, 0.717) is 43.9 Å². The molecule has 0 saturated carbocycles. The van der Waals surface area contributed by atoms with Gasteiger partial charge in [0.2, 0.25) is 17.7 Å². The van der Waals surface area contributed by atoms with E-state index < -0.39 is 23.7 Å². The molecular formula is C26H27FN4O4. The summed E-state index contributed by atoms with van der Waals surface area (Å²) < 4.78 is 14.5. The van der Waals surface area contributed by atoms with Crippen molar-refractivity contribution in [2.45, 2.75) is 38.8 Å². The average Bonchev–Trinajstić information content (AvgIpc) is 3.16. The van der Waals surface area contributed by atoms with Crippen molar-refractivity contribution in [2.24, 2.45) is 0 Å². The predicted molar refractivity (Wildman–Crippen MR) is 126 cm³/mol. The second-order valence-corrected chi connectivity index (χ2v) is 9.38. The molecule has 182 valence electrons. The zero-order valence-electron chi connectivity index (χ0n) is 19.6. The van der Waals surface area contributed by atoms with Crippen molar-refractivity contribution in [1.82, 2.24) is 15.1 Å². The molecule has 35 heavy (non-hydrogen) atoms. The molecule has 2 fully saturated rings. The van der Waals surface area contributed by atoms with Gasteiger partial charge < -0.3 is 14.7 Å². The summed E-state index contributed by atoms with van der Waals surface area (Å²) in [5.41, 5.74) is 3.67. The van der Waals surface area contributed by atoms with Crippen LogP contribution in [-0.2, 0) is 27.3 Å². The van der Waals surface area contributed by atoms with Crippen LogP contribution in [0.25, 0.3) is 0 Å². The number of piperidine rings is 1. The van der Waals surface area contributed by atoms with Crippen LogP contribution in [0.15, 0.2) is 36.4 Å². The van der Waals surface area contributed by atoms with Crippen molar-refractivity contribution in [1.29, 1.82) is 0 Å². The third-order valence-corrected chi connectivity index (χ3v) is 7.05. The van der Waals surface area contributed by atoms with Gasteiger partial charge in [0.1, 0.15) is 11.9 Å². The van der Waals surface area contributed by atoms with Crippen LogP contribution in [0.1, 0.15) is 39.9 Å². The Morgan fingerprint density at radius 3 is 2.46 bits per heavy atom. The fraction of sp³-hybridized carbons (Fsp3) is 0.385. The molecule has 2 saturated heterocycles. The fourth-order valence-electron chi connectivity index (χ4n) is 5.08. The molecule has 1 atom stereocenters. The van der Waals surface area contributed by atoms with Gasteiger partial charge in [0, 0.05) is 56.0 Å². The molecule has 9 heteroatoms. The molecule has 8 nitrogen and oxygen atoms in total. The lowest BCUT2D eigenvalue weighted by atomic mass is 10.0. The van der Waals surface area contributed by atoms with E-state index >= 15 is 0 Å². The molecule has 0 spiro atoms. The van der Waals surface area contributed by atoms with Crippen LogP contribution < -0.4 is 10.2 Å². The number of hydrogen-bond acceptors (Lipinski definition) is 5. The van der Waals surface area contributed by atoms with Gasteiger partial charge in [0.15, 0.2) is 0 Å². The van der Waals surface area contributed by atoms with Gasteiger partial charge in [-0.05, 0) is 31.0 Å². The van der Waals surface area contributed by atoms with Crippen LogP contribution in [0.5, 0.6) is 0 Å². The molecule has 3 aliphatic heterocycles. The number of benzene rings is 2. The Balaban J connectivity index is 1.28. The Bertz CT molecular complexity index is 1200. The zero-order chi connectivity index (χ0) is 24.7. The second kappa shape index (κ2) is 9.13. The molecule has 2 aromatic rings. The van der Waals surface area contributed by atoms with Gasteiger partial charge in [0.05, 0.1) is 6.42 Å². The lowest BCUT2D eigenvalue weighted by Gasteiger charge is -2.37. The minimum Gasteiger partial charge on any atom is -0.368 e. The molecule has 0 aromatic heterocycles. The van der Waals surface area contributed by atoms with E-state index in [9.17, 15) is 23.6 Å². The molecule has 0 bridgehead atoms. The number of nitrogens with one attached hydrogen (secondary N) is 1. The van der Waals surface area contributed by atoms with Crippen LogP contribution in [-0.4, -0.2) is 65.6 Å². The van der Waals surface area contributed by atoms with Gasteiger partial charge in [-0.2, -0.15) is 0 Å². The van der Waals surface area contributed by atoms with Crippen LogP contribution in [0, 0.1) is 12.7 Å².